The van der Waals surface area contributed by atoms with E-state index in [1.54, 1.807) is 0 Å². The predicted octanol–water partition coefficient (Wildman–Crippen LogP) is 1.64. The highest BCUT2D eigenvalue weighted by molar-refractivity contribution is 5.09. The highest BCUT2D eigenvalue weighted by Crippen LogP contribution is 2.20. The van der Waals surface area contributed by atoms with Crippen molar-refractivity contribution in [2.75, 3.05) is 19.6 Å². The molecule has 1 aromatic heterocycles. The molecule has 2 heterocycles. The largest absolute Gasteiger partial charge is 0.330 e. The van der Waals surface area contributed by atoms with Gasteiger partial charge in [0.1, 0.15) is 0 Å². The minimum atomic E-state index is 0.842. The lowest BCUT2D eigenvalue weighted by Crippen LogP contribution is -2.33. The lowest BCUT2D eigenvalue weighted by atomic mass is 9.93. The zero-order valence-corrected chi connectivity index (χ0v) is 9.81. The van der Waals surface area contributed by atoms with Crippen LogP contribution in [0.1, 0.15) is 24.8 Å². The molecule has 0 saturated carbocycles. The van der Waals surface area contributed by atoms with Crippen molar-refractivity contribution in [3.8, 4) is 0 Å². The Kier molecular flexibility index (Phi) is 4.31. The molecule has 1 aliphatic rings. The van der Waals surface area contributed by atoms with Gasteiger partial charge in [0, 0.05) is 18.9 Å². The summed E-state index contributed by atoms with van der Waals surface area (Å²) < 4.78 is 0. The Morgan fingerprint density at radius 3 is 2.56 bits per heavy atom. The Morgan fingerprint density at radius 2 is 1.94 bits per heavy atom. The van der Waals surface area contributed by atoms with Gasteiger partial charge in [0.2, 0.25) is 0 Å². The first-order chi connectivity index (χ1) is 7.88. The van der Waals surface area contributed by atoms with E-state index in [1.807, 2.05) is 12.4 Å². The Morgan fingerprint density at radius 1 is 1.25 bits per heavy atom. The lowest BCUT2D eigenvalue weighted by molar-refractivity contribution is 0.173. The van der Waals surface area contributed by atoms with Crippen molar-refractivity contribution < 1.29 is 0 Å². The van der Waals surface area contributed by atoms with E-state index in [1.165, 1.54) is 37.9 Å². The number of piperidine rings is 1. The molecule has 0 spiro atoms. The van der Waals surface area contributed by atoms with Gasteiger partial charge < -0.3 is 5.73 Å². The molecule has 0 unspecified atom stereocenters. The van der Waals surface area contributed by atoms with Gasteiger partial charge in [-0.3, -0.25) is 9.88 Å². The van der Waals surface area contributed by atoms with Crippen LogP contribution < -0.4 is 5.73 Å². The summed E-state index contributed by atoms with van der Waals surface area (Å²) >= 11 is 0. The predicted molar refractivity (Wildman–Crippen MR) is 65.9 cm³/mol. The molecule has 0 aromatic carbocycles. The molecule has 0 amide bonds. The molecular weight excluding hydrogens is 198 g/mol. The topological polar surface area (TPSA) is 42.1 Å². The maximum atomic E-state index is 5.60. The number of rotatable bonds is 4. The molecule has 0 radical (unpaired) electrons. The molecule has 1 aliphatic heterocycles. The third-order valence-corrected chi connectivity index (χ3v) is 3.44. The molecule has 3 nitrogen and oxygen atoms in total. The second-order valence-corrected chi connectivity index (χ2v) is 4.65. The van der Waals surface area contributed by atoms with Crippen molar-refractivity contribution in [3.05, 3.63) is 30.1 Å². The van der Waals surface area contributed by atoms with Gasteiger partial charge in [-0.15, -0.1) is 0 Å². The zero-order valence-electron chi connectivity index (χ0n) is 9.81. The molecule has 1 fully saturated rings. The number of nitrogens with two attached hydrogens (primary N) is 1. The van der Waals surface area contributed by atoms with Crippen molar-refractivity contribution in [3.63, 3.8) is 0 Å². The van der Waals surface area contributed by atoms with E-state index in [9.17, 15) is 0 Å². The fourth-order valence-corrected chi connectivity index (χ4v) is 2.42. The minimum absolute atomic E-state index is 0.842. The second-order valence-electron chi connectivity index (χ2n) is 4.65. The number of hydrogen-bond acceptors (Lipinski definition) is 3. The smallest absolute Gasteiger partial charge is 0.0271 e. The molecule has 88 valence electrons. The summed E-state index contributed by atoms with van der Waals surface area (Å²) in [6, 6.07) is 4.21. The van der Waals surface area contributed by atoms with Crippen LogP contribution in [0.4, 0.5) is 0 Å². The normalized spacial score (nSPS) is 18.8. The number of pyridine rings is 1. The van der Waals surface area contributed by atoms with Gasteiger partial charge in [-0.05, 0) is 62.5 Å². The molecule has 0 bridgehead atoms. The van der Waals surface area contributed by atoms with E-state index in [-0.39, 0.29) is 0 Å². The van der Waals surface area contributed by atoms with Gasteiger partial charge in [0.25, 0.3) is 0 Å². The van der Waals surface area contributed by atoms with Gasteiger partial charge in [0.15, 0.2) is 0 Å². The first kappa shape index (κ1) is 11.6. The number of aromatic nitrogens is 1. The van der Waals surface area contributed by atoms with Crippen LogP contribution in [0.5, 0.6) is 0 Å². The van der Waals surface area contributed by atoms with Crippen LogP contribution in [-0.4, -0.2) is 29.5 Å². The molecule has 16 heavy (non-hydrogen) atoms. The van der Waals surface area contributed by atoms with Gasteiger partial charge >= 0.3 is 0 Å². The fourth-order valence-electron chi connectivity index (χ4n) is 2.42. The Hall–Kier alpha value is -0.930. The average Bonchev–Trinajstić information content (AvgIpc) is 2.33. The van der Waals surface area contributed by atoms with Crippen LogP contribution >= 0.6 is 0 Å². The van der Waals surface area contributed by atoms with Crippen LogP contribution in [-0.2, 0) is 6.54 Å². The number of hydrogen-bond donors (Lipinski definition) is 1. The van der Waals surface area contributed by atoms with Crippen molar-refractivity contribution >= 4 is 0 Å². The molecule has 1 saturated heterocycles. The van der Waals surface area contributed by atoms with Crippen LogP contribution in [0.2, 0.25) is 0 Å². The van der Waals surface area contributed by atoms with Crippen molar-refractivity contribution in [1.29, 1.82) is 0 Å². The molecular formula is C13H21N3. The highest BCUT2D eigenvalue weighted by atomic mass is 15.1. The Labute approximate surface area is 97.7 Å². The summed E-state index contributed by atoms with van der Waals surface area (Å²) in [6.07, 6.45) is 7.56. The summed E-state index contributed by atoms with van der Waals surface area (Å²) in [7, 11) is 0. The van der Waals surface area contributed by atoms with Gasteiger partial charge in [-0.2, -0.15) is 0 Å². The van der Waals surface area contributed by atoms with E-state index < -0.39 is 0 Å². The Balaban J connectivity index is 1.77. The molecule has 3 heteroatoms. The summed E-state index contributed by atoms with van der Waals surface area (Å²) in [5.41, 5.74) is 6.96. The summed E-state index contributed by atoms with van der Waals surface area (Å²) in [5.74, 6) is 0.860. The van der Waals surface area contributed by atoms with Gasteiger partial charge in [-0.25, -0.2) is 0 Å². The first-order valence-electron chi connectivity index (χ1n) is 6.20. The van der Waals surface area contributed by atoms with E-state index >= 15 is 0 Å². The third-order valence-electron chi connectivity index (χ3n) is 3.44. The second kappa shape index (κ2) is 5.97. The molecule has 0 aliphatic carbocycles. The van der Waals surface area contributed by atoms with Crippen LogP contribution in [0.3, 0.4) is 0 Å². The van der Waals surface area contributed by atoms with Gasteiger partial charge in [0.05, 0.1) is 0 Å². The summed E-state index contributed by atoms with van der Waals surface area (Å²) in [6.45, 7) is 4.34. The molecule has 0 atom stereocenters. The highest BCUT2D eigenvalue weighted by Gasteiger charge is 2.18. The summed E-state index contributed by atoms with van der Waals surface area (Å²) in [5, 5.41) is 0. The van der Waals surface area contributed by atoms with E-state index in [2.05, 4.69) is 22.0 Å². The van der Waals surface area contributed by atoms with Crippen LogP contribution in [0, 0.1) is 5.92 Å². The lowest BCUT2D eigenvalue weighted by Gasteiger charge is -2.31. The van der Waals surface area contributed by atoms with Gasteiger partial charge in [-0.1, -0.05) is 0 Å². The van der Waals surface area contributed by atoms with E-state index in [4.69, 9.17) is 5.73 Å². The average molecular weight is 219 g/mol. The molecule has 2 N–H and O–H groups in total. The number of likely N-dealkylation sites (tertiary alicyclic amines) is 1. The van der Waals surface area contributed by atoms with E-state index in [0.29, 0.717) is 0 Å². The zero-order chi connectivity index (χ0) is 11.2. The minimum Gasteiger partial charge on any atom is -0.330 e. The summed E-state index contributed by atoms with van der Waals surface area (Å²) in [4.78, 5) is 6.57. The SMILES string of the molecule is NCCC1CCN(Cc2ccncc2)CC1. The monoisotopic (exact) mass is 219 g/mol. The van der Waals surface area contributed by atoms with Crippen LogP contribution in [0.25, 0.3) is 0 Å². The quantitative estimate of drug-likeness (QED) is 0.837. The van der Waals surface area contributed by atoms with E-state index in [0.717, 1.165) is 19.0 Å². The Bertz CT molecular complexity index is 291. The number of nitrogens with zero attached hydrogens (tertiary/aromatic N) is 2. The van der Waals surface area contributed by atoms with Crippen molar-refractivity contribution in [1.82, 2.24) is 9.88 Å². The molecule has 1 aromatic rings. The standard InChI is InChI=1S/C13H21N3/c14-6-1-12-4-9-16(10-5-12)11-13-2-7-15-8-3-13/h2-3,7-8,12H,1,4-6,9-11,14H2. The van der Waals surface area contributed by atoms with Crippen molar-refractivity contribution in [2.45, 2.75) is 25.8 Å². The maximum absolute atomic E-state index is 5.60. The van der Waals surface area contributed by atoms with Crippen LogP contribution in [0.15, 0.2) is 24.5 Å². The molecule has 2 rings (SSSR count). The third kappa shape index (κ3) is 3.29. The fraction of sp³-hybridized carbons (Fsp3) is 0.615. The maximum Gasteiger partial charge on any atom is 0.0271 e. The first-order valence-corrected chi connectivity index (χ1v) is 6.20. The van der Waals surface area contributed by atoms with Crippen molar-refractivity contribution in [2.24, 2.45) is 11.7 Å².